The van der Waals surface area contributed by atoms with Crippen LogP contribution in [0.4, 0.5) is 13.2 Å². The predicted molar refractivity (Wildman–Crippen MR) is 135 cm³/mol. The van der Waals surface area contributed by atoms with Crippen molar-refractivity contribution in [2.75, 3.05) is 35.0 Å². The topological polar surface area (TPSA) is 74.3 Å². The van der Waals surface area contributed by atoms with Crippen LogP contribution in [0.3, 0.4) is 0 Å². The van der Waals surface area contributed by atoms with E-state index in [0.717, 1.165) is 23.3 Å². The number of fused-ring (bicyclic) bond motifs is 1. The highest BCUT2D eigenvalue weighted by Gasteiger charge is 2.39. The van der Waals surface area contributed by atoms with Crippen molar-refractivity contribution in [3.63, 3.8) is 0 Å². The van der Waals surface area contributed by atoms with Gasteiger partial charge in [0, 0.05) is 6.54 Å². The maximum absolute atomic E-state index is 13.8. The monoisotopic (exact) mass is 551 g/mol. The van der Waals surface area contributed by atoms with Crippen molar-refractivity contribution >= 4 is 10.0 Å². The van der Waals surface area contributed by atoms with Crippen molar-refractivity contribution in [2.45, 2.75) is 30.0 Å². The van der Waals surface area contributed by atoms with Crippen LogP contribution in [0.15, 0.2) is 59.5 Å². The van der Waals surface area contributed by atoms with Crippen molar-refractivity contribution in [2.24, 2.45) is 0 Å². The maximum atomic E-state index is 13.8. The first-order chi connectivity index (χ1) is 18.0. The number of nitrogens with zero attached hydrogens (tertiary/aromatic N) is 1. The van der Waals surface area contributed by atoms with Gasteiger partial charge in [0.1, 0.15) is 0 Å². The van der Waals surface area contributed by atoms with Crippen molar-refractivity contribution in [1.82, 2.24) is 4.31 Å². The Morgan fingerprint density at radius 1 is 0.842 bits per heavy atom. The van der Waals surface area contributed by atoms with Gasteiger partial charge in [-0.25, -0.2) is 8.42 Å². The van der Waals surface area contributed by atoms with Gasteiger partial charge >= 0.3 is 6.18 Å². The molecule has 38 heavy (non-hydrogen) atoms. The summed E-state index contributed by atoms with van der Waals surface area (Å²) in [5.41, 5.74) is 1.27. The number of hydrogen-bond donors (Lipinski definition) is 0. The van der Waals surface area contributed by atoms with E-state index in [2.05, 4.69) is 0 Å². The van der Waals surface area contributed by atoms with Gasteiger partial charge in [-0.1, -0.05) is 12.1 Å². The number of halogens is 3. The molecular formula is C27H28F3NO6S. The Bertz CT molecular complexity index is 1420. The first-order valence-electron chi connectivity index (χ1n) is 11.7. The van der Waals surface area contributed by atoms with Crippen LogP contribution in [-0.4, -0.2) is 47.7 Å². The number of methoxy groups -OCH3 is 4. The molecule has 1 heterocycles. The minimum atomic E-state index is -4.68. The third-order valence-electron chi connectivity index (χ3n) is 6.60. The van der Waals surface area contributed by atoms with Crippen molar-refractivity contribution in [3.05, 3.63) is 76.9 Å². The van der Waals surface area contributed by atoms with Gasteiger partial charge in [0.05, 0.1) is 44.9 Å². The molecular weight excluding hydrogens is 523 g/mol. The standard InChI is InChI=1S/C27H28F3NO6S/c1-34-23-9-8-17(13-24(23)35-2)12-22-21-16-26(37-4)25(36-3)14-18(21)10-11-31(22)38(32,33)20-7-5-6-19(15-20)27(28,29)30/h5-9,13-16,22H,10-12H2,1-4H3/t22-/m0/s1. The zero-order chi connectivity index (χ0) is 27.7. The Morgan fingerprint density at radius 2 is 1.47 bits per heavy atom. The Labute approximate surface area is 219 Å². The number of hydrogen-bond acceptors (Lipinski definition) is 6. The Morgan fingerprint density at radius 3 is 2.11 bits per heavy atom. The number of benzene rings is 3. The summed E-state index contributed by atoms with van der Waals surface area (Å²) in [5, 5.41) is 0. The average Bonchev–Trinajstić information content (AvgIpc) is 2.91. The molecule has 0 amide bonds. The van der Waals surface area contributed by atoms with E-state index in [9.17, 15) is 21.6 Å². The summed E-state index contributed by atoms with van der Waals surface area (Å²) in [6.07, 6.45) is -4.11. The van der Waals surface area contributed by atoms with E-state index in [4.69, 9.17) is 18.9 Å². The van der Waals surface area contributed by atoms with Gasteiger partial charge in [-0.3, -0.25) is 0 Å². The summed E-state index contributed by atoms with van der Waals surface area (Å²) in [7, 11) is 1.69. The minimum absolute atomic E-state index is 0.0685. The average molecular weight is 552 g/mol. The quantitative estimate of drug-likeness (QED) is 0.380. The van der Waals surface area contributed by atoms with E-state index < -0.39 is 32.7 Å². The molecule has 1 atom stereocenters. The summed E-state index contributed by atoms with van der Waals surface area (Å²) in [4.78, 5) is -0.423. The molecule has 4 rings (SSSR count). The molecule has 0 bridgehead atoms. The molecule has 0 N–H and O–H groups in total. The maximum Gasteiger partial charge on any atom is 0.416 e. The molecule has 0 saturated heterocycles. The molecule has 3 aromatic rings. The number of rotatable bonds is 8. The van der Waals surface area contributed by atoms with Gasteiger partial charge < -0.3 is 18.9 Å². The van der Waals surface area contributed by atoms with Crippen molar-refractivity contribution < 1.29 is 40.5 Å². The second-order valence-electron chi connectivity index (χ2n) is 8.71. The Kier molecular flexibility index (Phi) is 7.80. The third-order valence-corrected chi connectivity index (χ3v) is 8.50. The second kappa shape index (κ2) is 10.7. The summed E-state index contributed by atoms with van der Waals surface area (Å²) >= 11 is 0. The summed E-state index contributed by atoms with van der Waals surface area (Å²) < 4.78 is 90.7. The normalized spacial score (nSPS) is 16.0. The fourth-order valence-electron chi connectivity index (χ4n) is 4.70. The Balaban J connectivity index is 1.85. The molecule has 0 fully saturated rings. The minimum Gasteiger partial charge on any atom is -0.493 e. The van der Waals surface area contributed by atoms with Gasteiger partial charge in [-0.05, 0) is 72.0 Å². The second-order valence-corrected chi connectivity index (χ2v) is 10.6. The predicted octanol–water partition coefficient (Wildman–Crippen LogP) is 5.27. The molecule has 0 radical (unpaired) electrons. The van der Waals surface area contributed by atoms with Gasteiger partial charge in [-0.15, -0.1) is 0 Å². The summed E-state index contributed by atoms with van der Waals surface area (Å²) in [5.74, 6) is 1.91. The molecule has 0 aliphatic carbocycles. The van der Waals surface area contributed by atoms with Crippen LogP contribution in [0, 0.1) is 0 Å². The third kappa shape index (κ3) is 5.25. The zero-order valence-electron chi connectivity index (χ0n) is 21.3. The SMILES string of the molecule is COc1ccc(C[C@H]2c3cc(OC)c(OC)cc3CCN2S(=O)(=O)c2cccc(C(F)(F)F)c2)cc1OC. The van der Waals surface area contributed by atoms with E-state index in [1.165, 1.54) is 38.8 Å². The lowest BCUT2D eigenvalue weighted by atomic mass is 9.89. The molecule has 11 heteroatoms. The number of sulfonamides is 1. The van der Waals surface area contributed by atoms with Crippen molar-refractivity contribution in [3.8, 4) is 23.0 Å². The molecule has 0 unspecified atom stereocenters. The lowest BCUT2D eigenvalue weighted by Crippen LogP contribution is -2.41. The molecule has 204 valence electrons. The molecule has 7 nitrogen and oxygen atoms in total. The van der Waals surface area contributed by atoms with Crippen LogP contribution >= 0.6 is 0 Å². The lowest BCUT2D eigenvalue weighted by molar-refractivity contribution is -0.137. The van der Waals surface area contributed by atoms with Crippen LogP contribution < -0.4 is 18.9 Å². The van der Waals surface area contributed by atoms with Crippen LogP contribution in [0.2, 0.25) is 0 Å². The zero-order valence-corrected chi connectivity index (χ0v) is 22.2. The fraction of sp³-hybridized carbons (Fsp3) is 0.333. The van der Waals surface area contributed by atoms with Crippen molar-refractivity contribution in [1.29, 1.82) is 0 Å². The smallest absolute Gasteiger partial charge is 0.416 e. The number of alkyl halides is 3. The van der Waals surface area contributed by atoms with Gasteiger partial charge in [0.2, 0.25) is 10.0 Å². The molecule has 0 spiro atoms. The first kappa shape index (κ1) is 27.6. The molecule has 1 aliphatic rings. The van der Waals surface area contributed by atoms with Gasteiger partial charge in [0.15, 0.2) is 23.0 Å². The first-order valence-corrected chi connectivity index (χ1v) is 13.1. The Hall–Kier alpha value is -3.44. The number of ether oxygens (including phenoxy) is 4. The van der Waals surface area contributed by atoms with Crippen LogP contribution in [-0.2, 0) is 29.0 Å². The van der Waals surface area contributed by atoms with Crippen LogP contribution in [0.25, 0.3) is 0 Å². The van der Waals surface area contributed by atoms with Gasteiger partial charge in [-0.2, -0.15) is 17.5 Å². The van der Waals surface area contributed by atoms with E-state index >= 15 is 0 Å². The molecule has 1 aliphatic heterocycles. The largest absolute Gasteiger partial charge is 0.493 e. The summed E-state index contributed by atoms with van der Waals surface area (Å²) in [6.45, 7) is 0.0685. The highest BCUT2D eigenvalue weighted by molar-refractivity contribution is 7.89. The fourth-order valence-corrected chi connectivity index (χ4v) is 6.36. The van der Waals surface area contributed by atoms with Crippen LogP contribution in [0.1, 0.15) is 28.3 Å². The lowest BCUT2D eigenvalue weighted by Gasteiger charge is -2.37. The van der Waals surface area contributed by atoms with E-state index in [0.29, 0.717) is 41.0 Å². The van der Waals surface area contributed by atoms with E-state index in [1.807, 2.05) is 6.07 Å². The highest BCUT2D eigenvalue weighted by atomic mass is 32.2. The van der Waals surface area contributed by atoms with Crippen LogP contribution in [0.5, 0.6) is 23.0 Å². The van der Waals surface area contributed by atoms with E-state index in [-0.39, 0.29) is 13.0 Å². The highest BCUT2D eigenvalue weighted by Crippen LogP contribution is 2.42. The molecule has 0 saturated carbocycles. The summed E-state index contributed by atoms with van der Waals surface area (Å²) in [6, 6.07) is 11.9. The van der Waals surface area contributed by atoms with E-state index in [1.54, 1.807) is 24.3 Å². The van der Waals surface area contributed by atoms with Gasteiger partial charge in [0.25, 0.3) is 0 Å². The molecule has 0 aromatic heterocycles. The molecule has 3 aromatic carbocycles.